The molecule has 29 heavy (non-hydrogen) atoms. The molecule has 3 heterocycles. The lowest BCUT2D eigenvalue weighted by molar-refractivity contribution is -0.145. The van der Waals surface area contributed by atoms with E-state index in [4.69, 9.17) is 4.74 Å². The third-order valence-electron chi connectivity index (χ3n) is 5.43. The molecule has 2 aliphatic rings. The Morgan fingerprint density at radius 1 is 1.07 bits per heavy atom. The molecule has 0 saturated carbocycles. The summed E-state index contributed by atoms with van der Waals surface area (Å²) in [6, 6.07) is 13.6. The van der Waals surface area contributed by atoms with Crippen LogP contribution in [0.25, 0.3) is 20.8 Å². The molecule has 2 N–H and O–H groups in total. The van der Waals surface area contributed by atoms with Crippen LogP contribution >= 0.6 is 11.3 Å². The van der Waals surface area contributed by atoms with Crippen LogP contribution < -0.4 is 5.32 Å². The van der Waals surface area contributed by atoms with Crippen molar-refractivity contribution >= 4 is 39.1 Å². The molecule has 0 unspecified atom stereocenters. The van der Waals surface area contributed by atoms with Gasteiger partial charge in [0, 0.05) is 11.3 Å². The maximum Gasteiger partial charge on any atom is 0.310 e. The van der Waals surface area contributed by atoms with Crippen LogP contribution in [0.1, 0.15) is 5.56 Å². The van der Waals surface area contributed by atoms with Crippen molar-refractivity contribution in [1.82, 2.24) is 4.98 Å². The molecule has 1 amide bonds. The highest BCUT2D eigenvalue weighted by atomic mass is 32.1. The average Bonchev–Trinajstić information content (AvgIpc) is 3.42. The number of aryl methyl sites for hydroxylation is 1. The molecule has 1 fully saturated rings. The van der Waals surface area contributed by atoms with Crippen LogP contribution in [0.3, 0.4) is 0 Å². The second-order valence-corrected chi connectivity index (χ2v) is 8.43. The number of thiazole rings is 1. The normalized spacial score (nSPS) is 24.9. The minimum absolute atomic E-state index is 0.336. The Labute approximate surface area is 170 Å². The minimum Gasteiger partial charge on any atom is -0.481 e. The molecule has 4 atom stereocenters. The molecular weight excluding hydrogens is 388 g/mol. The van der Waals surface area contributed by atoms with E-state index < -0.39 is 30.0 Å². The topological polar surface area (TPSA) is 88.5 Å². The van der Waals surface area contributed by atoms with Gasteiger partial charge >= 0.3 is 5.97 Å². The number of aromatic nitrogens is 1. The fourth-order valence-corrected chi connectivity index (χ4v) is 5.06. The zero-order valence-electron chi connectivity index (χ0n) is 15.5. The lowest BCUT2D eigenvalue weighted by Crippen LogP contribution is -2.39. The largest absolute Gasteiger partial charge is 0.481 e. The van der Waals surface area contributed by atoms with Crippen LogP contribution in [-0.4, -0.2) is 34.2 Å². The highest BCUT2D eigenvalue weighted by molar-refractivity contribution is 7.21. The number of carboxylic acids is 1. The molecule has 5 rings (SSSR count). The first-order chi connectivity index (χ1) is 14.0. The van der Waals surface area contributed by atoms with Crippen molar-refractivity contribution in [3.05, 3.63) is 60.2 Å². The first kappa shape index (κ1) is 18.0. The van der Waals surface area contributed by atoms with Crippen molar-refractivity contribution in [2.24, 2.45) is 11.8 Å². The first-order valence-electron chi connectivity index (χ1n) is 9.35. The van der Waals surface area contributed by atoms with E-state index in [0.717, 1.165) is 20.8 Å². The van der Waals surface area contributed by atoms with Gasteiger partial charge in [-0.3, -0.25) is 9.59 Å². The van der Waals surface area contributed by atoms with E-state index >= 15 is 0 Å². The predicted octanol–water partition coefficient (Wildman–Crippen LogP) is 3.86. The SMILES string of the molecule is Cc1ccc2nc(-c3ccc(NC(=O)[C@@H]4[C@@H](C(=O)O)[C@@H]5C=C[C@@H]4O5)cc3)sc2c1. The van der Waals surface area contributed by atoms with Gasteiger partial charge in [0.25, 0.3) is 0 Å². The quantitative estimate of drug-likeness (QED) is 0.642. The molecule has 2 bridgehead atoms. The van der Waals surface area contributed by atoms with Gasteiger partial charge in [-0.25, -0.2) is 4.98 Å². The molecular formula is C22H18N2O4S. The molecule has 1 saturated heterocycles. The number of carbonyl (C=O) groups excluding carboxylic acids is 1. The number of rotatable bonds is 4. The molecule has 0 aliphatic carbocycles. The molecule has 3 aromatic rings. The van der Waals surface area contributed by atoms with Crippen molar-refractivity contribution in [2.45, 2.75) is 19.1 Å². The number of hydrogen-bond donors (Lipinski definition) is 2. The van der Waals surface area contributed by atoms with Gasteiger partial charge in [0.1, 0.15) is 10.9 Å². The van der Waals surface area contributed by atoms with E-state index in [9.17, 15) is 14.7 Å². The van der Waals surface area contributed by atoms with E-state index in [1.165, 1.54) is 5.56 Å². The number of carboxylic acid groups (broad SMARTS) is 1. The maximum atomic E-state index is 12.7. The van der Waals surface area contributed by atoms with Gasteiger partial charge in [0.2, 0.25) is 5.91 Å². The monoisotopic (exact) mass is 406 g/mol. The van der Waals surface area contributed by atoms with Crippen LogP contribution in [0.15, 0.2) is 54.6 Å². The van der Waals surface area contributed by atoms with Crippen LogP contribution in [0.5, 0.6) is 0 Å². The second-order valence-electron chi connectivity index (χ2n) is 7.40. The van der Waals surface area contributed by atoms with Crippen molar-refractivity contribution in [3.63, 3.8) is 0 Å². The Balaban J connectivity index is 1.34. The van der Waals surface area contributed by atoms with Gasteiger partial charge < -0.3 is 15.2 Å². The summed E-state index contributed by atoms with van der Waals surface area (Å²) >= 11 is 1.63. The number of hydrogen-bond acceptors (Lipinski definition) is 5. The summed E-state index contributed by atoms with van der Waals surface area (Å²) in [4.78, 5) is 29.0. The van der Waals surface area contributed by atoms with E-state index in [0.29, 0.717) is 5.69 Å². The molecule has 2 aromatic carbocycles. The summed E-state index contributed by atoms with van der Waals surface area (Å²) in [7, 11) is 0. The Hall–Kier alpha value is -3.03. The molecule has 6 nitrogen and oxygen atoms in total. The summed E-state index contributed by atoms with van der Waals surface area (Å²) in [5.41, 5.74) is 3.75. The van der Waals surface area contributed by atoms with Gasteiger partial charge in [-0.05, 0) is 48.9 Å². The summed E-state index contributed by atoms with van der Waals surface area (Å²) in [5.74, 6) is -2.92. The van der Waals surface area contributed by atoms with Gasteiger partial charge in [0.15, 0.2) is 0 Å². The third-order valence-corrected chi connectivity index (χ3v) is 6.50. The number of amides is 1. The van der Waals surface area contributed by atoms with Gasteiger partial charge in [-0.1, -0.05) is 18.2 Å². The van der Waals surface area contributed by atoms with E-state index in [2.05, 4.69) is 23.3 Å². The summed E-state index contributed by atoms with van der Waals surface area (Å²) in [6.07, 6.45) is 2.48. The molecule has 146 valence electrons. The van der Waals surface area contributed by atoms with Gasteiger partial charge in [-0.2, -0.15) is 0 Å². The Bertz CT molecular complexity index is 1150. The zero-order chi connectivity index (χ0) is 20.1. The lowest BCUT2D eigenvalue weighted by Gasteiger charge is -2.21. The van der Waals surface area contributed by atoms with Crippen molar-refractivity contribution in [2.75, 3.05) is 5.32 Å². The smallest absolute Gasteiger partial charge is 0.310 e. The third kappa shape index (κ3) is 3.12. The number of benzene rings is 2. The predicted molar refractivity (Wildman–Crippen MR) is 111 cm³/mol. The summed E-state index contributed by atoms with van der Waals surface area (Å²) < 4.78 is 6.71. The van der Waals surface area contributed by atoms with Crippen LogP contribution in [0.2, 0.25) is 0 Å². The molecule has 1 aromatic heterocycles. The summed E-state index contributed by atoms with van der Waals surface area (Å²) in [5, 5.41) is 13.2. The van der Waals surface area contributed by atoms with E-state index in [-0.39, 0.29) is 5.91 Å². The average molecular weight is 406 g/mol. The van der Waals surface area contributed by atoms with Crippen LogP contribution in [0, 0.1) is 18.8 Å². The fourth-order valence-electron chi connectivity index (χ4n) is 3.99. The summed E-state index contributed by atoms with van der Waals surface area (Å²) in [6.45, 7) is 2.06. The van der Waals surface area contributed by atoms with Gasteiger partial charge in [0.05, 0.1) is 28.3 Å². The standard InChI is InChI=1S/C22H18N2O4S/c1-11-2-7-14-17(10-11)29-21(24-14)12-3-5-13(6-4-12)23-20(25)18-15-8-9-16(28-15)19(18)22(26)27/h2-10,15-16,18-19H,1H3,(H,23,25)(H,26,27)/t15-,16-,18-,19-/m0/s1. The van der Waals surface area contributed by atoms with Crippen LogP contribution in [-0.2, 0) is 14.3 Å². The molecule has 0 radical (unpaired) electrons. The molecule has 7 heteroatoms. The van der Waals surface area contributed by atoms with E-state index in [1.807, 2.05) is 36.4 Å². The number of carbonyl (C=O) groups is 2. The molecule has 2 aliphatic heterocycles. The molecule has 0 spiro atoms. The number of anilines is 1. The Morgan fingerprint density at radius 3 is 2.52 bits per heavy atom. The fraction of sp³-hybridized carbons (Fsp3) is 0.227. The minimum atomic E-state index is -1.01. The number of nitrogens with zero attached hydrogens (tertiary/aromatic N) is 1. The zero-order valence-corrected chi connectivity index (χ0v) is 16.3. The number of fused-ring (bicyclic) bond motifs is 3. The van der Waals surface area contributed by atoms with E-state index in [1.54, 1.807) is 23.5 Å². The highest BCUT2D eigenvalue weighted by Gasteiger charge is 2.53. The van der Waals surface area contributed by atoms with Crippen molar-refractivity contribution in [3.8, 4) is 10.6 Å². The Morgan fingerprint density at radius 2 is 1.79 bits per heavy atom. The maximum absolute atomic E-state index is 12.7. The van der Waals surface area contributed by atoms with Crippen molar-refractivity contribution < 1.29 is 19.4 Å². The second kappa shape index (κ2) is 6.79. The highest BCUT2D eigenvalue weighted by Crippen LogP contribution is 2.40. The number of ether oxygens (including phenoxy) is 1. The van der Waals surface area contributed by atoms with Crippen LogP contribution in [0.4, 0.5) is 5.69 Å². The first-order valence-corrected chi connectivity index (χ1v) is 10.2. The van der Waals surface area contributed by atoms with Crippen molar-refractivity contribution in [1.29, 1.82) is 0 Å². The van der Waals surface area contributed by atoms with Gasteiger partial charge in [-0.15, -0.1) is 11.3 Å². The Kier molecular flexibility index (Phi) is 4.22. The number of nitrogens with one attached hydrogen (secondary N) is 1. The lowest BCUT2D eigenvalue weighted by atomic mass is 9.82. The number of aliphatic carboxylic acids is 1.